The number of ketones is 3. The van der Waals surface area contributed by atoms with Crippen molar-refractivity contribution in [1.82, 2.24) is 0 Å². The molecule has 27 heavy (non-hydrogen) atoms. The highest BCUT2D eigenvalue weighted by molar-refractivity contribution is 6.17. The molecule has 3 aromatic carbocycles. The van der Waals surface area contributed by atoms with E-state index in [9.17, 15) is 14.4 Å². The minimum Gasteiger partial charge on any atom is -0.294 e. The van der Waals surface area contributed by atoms with E-state index < -0.39 is 0 Å². The Morgan fingerprint density at radius 3 is 1.63 bits per heavy atom. The zero-order valence-corrected chi connectivity index (χ0v) is 15.6. The van der Waals surface area contributed by atoms with E-state index in [-0.39, 0.29) is 28.5 Å². The summed E-state index contributed by atoms with van der Waals surface area (Å²) in [7, 11) is 0. The Kier molecular flexibility index (Phi) is 5.13. The van der Waals surface area contributed by atoms with Gasteiger partial charge in [-0.3, -0.25) is 14.4 Å². The molecule has 0 unspecified atom stereocenters. The summed E-state index contributed by atoms with van der Waals surface area (Å²) in [5.41, 5.74) is 4.29. The van der Waals surface area contributed by atoms with Crippen molar-refractivity contribution >= 4 is 17.3 Å². The molecule has 0 atom stereocenters. The molecular weight excluding hydrogens is 336 g/mol. The van der Waals surface area contributed by atoms with E-state index in [1.54, 1.807) is 12.1 Å². The molecule has 3 rings (SSSR count). The number of carbonyl (C=O) groups is 3. The summed E-state index contributed by atoms with van der Waals surface area (Å²) in [5.74, 6) is -0.754. The van der Waals surface area contributed by atoms with Crippen molar-refractivity contribution in [3.63, 3.8) is 0 Å². The van der Waals surface area contributed by atoms with Crippen LogP contribution in [0.1, 0.15) is 51.8 Å². The van der Waals surface area contributed by atoms with Crippen molar-refractivity contribution in [3.8, 4) is 22.3 Å². The van der Waals surface area contributed by atoms with Gasteiger partial charge in [0.05, 0.1) is 0 Å². The number of carbonyl (C=O) groups excluding carboxylic acids is 3. The van der Waals surface area contributed by atoms with Crippen LogP contribution in [-0.4, -0.2) is 17.3 Å². The Labute approximate surface area is 158 Å². The van der Waals surface area contributed by atoms with Crippen LogP contribution in [0.5, 0.6) is 0 Å². The Bertz CT molecular complexity index is 1050. The van der Waals surface area contributed by atoms with Gasteiger partial charge in [0.15, 0.2) is 17.3 Å². The first-order valence-corrected chi connectivity index (χ1v) is 8.76. The van der Waals surface area contributed by atoms with E-state index in [1.165, 1.54) is 20.8 Å². The third kappa shape index (κ3) is 3.49. The smallest absolute Gasteiger partial charge is 0.161 e. The summed E-state index contributed by atoms with van der Waals surface area (Å²) in [5, 5.41) is 0. The van der Waals surface area contributed by atoms with Gasteiger partial charge in [0.25, 0.3) is 0 Å². The van der Waals surface area contributed by atoms with E-state index in [1.807, 2.05) is 54.6 Å². The molecule has 134 valence electrons. The second-order valence-corrected chi connectivity index (χ2v) is 6.49. The fraction of sp³-hybridized carbons (Fsp3) is 0.125. The Hall–Kier alpha value is -3.33. The van der Waals surface area contributed by atoms with Crippen molar-refractivity contribution in [2.24, 2.45) is 0 Å². The quantitative estimate of drug-likeness (QED) is 0.557. The molecule has 0 aliphatic heterocycles. The van der Waals surface area contributed by atoms with Gasteiger partial charge in [-0.15, -0.1) is 0 Å². The van der Waals surface area contributed by atoms with Crippen LogP contribution in [0.25, 0.3) is 22.3 Å². The minimum absolute atomic E-state index is 0.204. The van der Waals surface area contributed by atoms with Crippen LogP contribution in [0.4, 0.5) is 0 Å². The summed E-state index contributed by atoms with van der Waals surface area (Å²) < 4.78 is 0. The Morgan fingerprint density at radius 1 is 0.519 bits per heavy atom. The highest BCUT2D eigenvalue weighted by Gasteiger charge is 2.23. The van der Waals surface area contributed by atoms with E-state index in [4.69, 9.17) is 0 Å². The number of rotatable bonds is 5. The minimum atomic E-state index is -0.288. The van der Waals surface area contributed by atoms with Crippen molar-refractivity contribution in [2.45, 2.75) is 20.8 Å². The number of hydrogen-bond donors (Lipinski definition) is 0. The zero-order valence-electron chi connectivity index (χ0n) is 15.6. The Balaban J connectivity index is 2.38. The highest BCUT2D eigenvalue weighted by atomic mass is 16.1. The normalized spacial score (nSPS) is 10.5. The first-order valence-electron chi connectivity index (χ1n) is 8.76. The molecule has 0 aliphatic rings. The molecule has 3 nitrogen and oxygen atoms in total. The van der Waals surface area contributed by atoms with Crippen molar-refractivity contribution in [3.05, 3.63) is 83.4 Å². The van der Waals surface area contributed by atoms with Gasteiger partial charge in [-0.2, -0.15) is 0 Å². The fourth-order valence-corrected chi connectivity index (χ4v) is 3.44. The fourth-order valence-electron chi connectivity index (χ4n) is 3.44. The van der Waals surface area contributed by atoms with E-state index >= 15 is 0 Å². The number of benzene rings is 3. The van der Waals surface area contributed by atoms with Crippen LogP contribution in [-0.2, 0) is 0 Å². The van der Waals surface area contributed by atoms with Gasteiger partial charge in [-0.1, -0.05) is 66.7 Å². The van der Waals surface area contributed by atoms with E-state index in [0.29, 0.717) is 11.1 Å². The molecule has 3 aromatic rings. The predicted molar refractivity (Wildman–Crippen MR) is 107 cm³/mol. The first kappa shape index (κ1) is 18.5. The maximum absolute atomic E-state index is 12.5. The van der Waals surface area contributed by atoms with E-state index in [2.05, 4.69) is 0 Å². The second kappa shape index (κ2) is 7.50. The van der Waals surface area contributed by atoms with Gasteiger partial charge >= 0.3 is 0 Å². The molecule has 0 bridgehead atoms. The lowest BCUT2D eigenvalue weighted by atomic mass is 9.85. The molecule has 3 heteroatoms. The molecule has 0 N–H and O–H groups in total. The van der Waals surface area contributed by atoms with Gasteiger partial charge in [0.1, 0.15) is 0 Å². The third-order valence-electron chi connectivity index (χ3n) is 4.59. The summed E-state index contributed by atoms with van der Waals surface area (Å²) in [6.45, 7) is 4.23. The molecule has 0 saturated heterocycles. The van der Waals surface area contributed by atoms with E-state index in [0.717, 1.165) is 16.7 Å². The monoisotopic (exact) mass is 356 g/mol. The maximum atomic E-state index is 12.5. The molecule has 0 fully saturated rings. The zero-order chi connectivity index (χ0) is 19.6. The lowest BCUT2D eigenvalue weighted by molar-refractivity contribution is 0.0968. The third-order valence-corrected chi connectivity index (χ3v) is 4.59. The standard InChI is InChI=1S/C24H20O3/c1-15(25)19-13-14-22(24(17(3)27)23(19)16(2)26)21-12-8-7-11-20(21)18-9-5-4-6-10-18/h4-14H,1-3H3. The first-order chi connectivity index (χ1) is 12.9. The second-order valence-electron chi connectivity index (χ2n) is 6.49. The summed E-state index contributed by atoms with van der Waals surface area (Å²) >= 11 is 0. The lowest BCUT2D eigenvalue weighted by Gasteiger charge is -2.17. The molecule has 0 spiro atoms. The Morgan fingerprint density at radius 2 is 1.07 bits per heavy atom. The van der Waals surface area contributed by atoms with Gasteiger partial charge < -0.3 is 0 Å². The van der Waals surface area contributed by atoms with Crippen molar-refractivity contribution < 1.29 is 14.4 Å². The lowest BCUT2D eigenvalue weighted by Crippen LogP contribution is -2.12. The largest absolute Gasteiger partial charge is 0.294 e. The maximum Gasteiger partial charge on any atom is 0.161 e. The topological polar surface area (TPSA) is 51.2 Å². The molecule has 0 radical (unpaired) electrons. The SMILES string of the molecule is CC(=O)c1ccc(-c2ccccc2-c2ccccc2)c(C(C)=O)c1C(C)=O. The van der Waals surface area contributed by atoms with Gasteiger partial charge in [-0.25, -0.2) is 0 Å². The predicted octanol–water partition coefficient (Wildman–Crippen LogP) is 5.63. The molecule has 0 aliphatic carbocycles. The molecule has 0 aromatic heterocycles. The van der Waals surface area contributed by atoms with Crippen LogP contribution in [0.2, 0.25) is 0 Å². The van der Waals surface area contributed by atoms with Crippen molar-refractivity contribution in [2.75, 3.05) is 0 Å². The van der Waals surface area contributed by atoms with Crippen LogP contribution >= 0.6 is 0 Å². The molecule has 0 amide bonds. The van der Waals surface area contributed by atoms with Gasteiger partial charge in [0.2, 0.25) is 0 Å². The average Bonchev–Trinajstić information content (AvgIpc) is 2.67. The van der Waals surface area contributed by atoms with Gasteiger partial charge in [0, 0.05) is 16.7 Å². The van der Waals surface area contributed by atoms with Crippen LogP contribution in [0, 0.1) is 0 Å². The number of Topliss-reactive ketones (excluding diaryl/α,β-unsaturated/α-hetero) is 3. The molecule has 0 saturated carbocycles. The summed E-state index contributed by atoms with van der Waals surface area (Å²) in [6.07, 6.45) is 0. The van der Waals surface area contributed by atoms with Crippen molar-refractivity contribution in [1.29, 1.82) is 0 Å². The summed E-state index contributed by atoms with van der Waals surface area (Å²) in [6, 6.07) is 21.0. The van der Waals surface area contributed by atoms with Crippen LogP contribution in [0.3, 0.4) is 0 Å². The average molecular weight is 356 g/mol. The summed E-state index contributed by atoms with van der Waals surface area (Å²) in [4.78, 5) is 36.9. The van der Waals surface area contributed by atoms with Crippen LogP contribution in [0.15, 0.2) is 66.7 Å². The highest BCUT2D eigenvalue weighted by Crippen LogP contribution is 2.36. The van der Waals surface area contributed by atoms with Crippen LogP contribution < -0.4 is 0 Å². The van der Waals surface area contributed by atoms with Gasteiger partial charge in [-0.05, 0) is 43.0 Å². The molecular formula is C24H20O3. The number of hydrogen-bond acceptors (Lipinski definition) is 3. The molecule has 0 heterocycles.